The number of likely N-dealkylation sites (N-methyl/N-ethyl adjacent to an activating group) is 1. The van der Waals surface area contributed by atoms with Crippen LogP contribution in [0.25, 0.3) is 22.4 Å². The number of para-hydroxylation sites is 2. The number of nitrogens with one attached hydrogen (secondary N) is 2. The number of aromatic nitrogens is 2. The third-order valence-corrected chi connectivity index (χ3v) is 6.52. The van der Waals surface area contributed by atoms with E-state index in [2.05, 4.69) is 38.2 Å². The second kappa shape index (κ2) is 8.89. The van der Waals surface area contributed by atoms with Crippen LogP contribution in [0.3, 0.4) is 0 Å². The maximum absolute atomic E-state index is 13.1. The van der Waals surface area contributed by atoms with Gasteiger partial charge in [-0.15, -0.1) is 0 Å². The van der Waals surface area contributed by atoms with Gasteiger partial charge in [0.1, 0.15) is 5.82 Å². The van der Waals surface area contributed by atoms with Gasteiger partial charge in [-0.1, -0.05) is 23.7 Å². The number of halogens is 1. The Hall–Kier alpha value is -3.35. The van der Waals surface area contributed by atoms with Crippen LogP contribution in [0.4, 0.5) is 11.4 Å². The predicted molar refractivity (Wildman–Crippen MR) is 135 cm³/mol. The molecule has 33 heavy (non-hydrogen) atoms. The molecule has 0 unspecified atom stereocenters. The zero-order valence-electron chi connectivity index (χ0n) is 18.7. The van der Waals surface area contributed by atoms with Gasteiger partial charge < -0.3 is 20.1 Å². The fraction of sp³-hybridized carbons (Fsp3) is 0.231. The highest BCUT2D eigenvalue weighted by molar-refractivity contribution is 6.33. The number of hydrogen-bond donors (Lipinski definition) is 2. The molecule has 1 aliphatic heterocycles. The van der Waals surface area contributed by atoms with Crippen molar-refractivity contribution in [3.8, 4) is 11.4 Å². The lowest BCUT2D eigenvalue weighted by Crippen LogP contribution is -2.44. The maximum atomic E-state index is 13.1. The molecule has 1 fully saturated rings. The number of fused-ring (bicyclic) bond motifs is 1. The summed E-state index contributed by atoms with van der Waals surface area (Å²) in [6, 6.07) is 19.3. The van der Waals surface area contributed by atoms with Crippen LogP contribution in [0.15, 0.2) is 60.7 Å². The first kappa shape index (κ1) is 21.5. The van der Waals surface area contributed by atoms with E-state index in [0.29, 0.717) is 22.1 Å². The average molecular weight is 460 g/mol. The standard InChI is InChI=1S/C26H26ClN5O/c1-17-15-19(32-13-11-31(2)12-14-32)8-9-20(17)26(33)28-18-7-10-22(27)21(16-18)25-29-23-5-3-4-6-24(23)30-25/h3-10,15-16H,11-14H2,1-2H3,(H,28,33)(H,29,30). The van der Waals surface area contributed by atoms with E-state index in [0.717, 1.165) is 54.0 Å². The highest BCUT2D eigenvalue weighted by Gasteiger charge is 2.17. The number of imidazole rings is 1. The molecule has 2 N–H and O–H groups in total. The molecule has 5 rings (SSSR count). The zero-order valence-corrected chi connectivity index (χ0v) is 19.5. The Morgan fingerprint density at radius 1 is 1.03 bits per heavy atom. The maximum Gasteiger partial charge on any atom is 0.255 e. The minimum absolute atomic E-state index is 0.143. The van der Waals surface area contributed by atoms with Crippen molar-refractivity contribution in [2.45, 2.75) is 6.92 Å². The van der Waals surface area contributed by atoms with Gasteiger partial charge in [0, 0.05) is 48.7 Å². The minimum Gasteiger partial charge on any atom is -0.369 e. The Labute approximate surface area is 198 Å². The zero-order chi connectivity index (χ0) is 22.9. The number of aromatic amines is 1. The summed E-state index contributed by atoms with van der Waals surface area (Å²) < 4.78 is 0. The number of aryl methyl sites for hydroxylation is 1. The van der Waals surface area contributed by atoms with Crippen molar-refractivity contribution in [1.29, 1.82) is 0 Å². The number of anilines is 2. The summed E-state index contributed by atoms with van der Waals surface area (Å²) >= 11 is 6.46. The Balaban J connectivity index is 1.36. The molecule has 4 aromatic rings. The molecule has 0 spiro atoms. The number of piperazine rings is 1. The molecule has 1 aliphatic rings. The SMILES string of the molecule is Cc1cc(N2CCN(C)CC2)ccc1C(=O)Nc1ccc(Cl)c(-c2nc3ccccc3[nH]2)c1. The Kier molecular flexibility index (Phi) is 5.79. The van der Waals surface area contributed by atoms with Crippen molar-refractivity contribution in [3.63, 3.8) is 0 Å². The van der Waals surface area contributed by atoms with E-state index >= 15 is 0 Å². The first-order valence-electron chi connectivity index (χ1n) is 11.1. The fourth-order valence-corrected chi connectivity index (χ4v) is 4.43. The van der Waals surface area contributed by atoms with Crippen LogP contribution in [-0.4, -0.2) is 54.0 Å². The number of carbonyl (C=O) groups is 1. The van der Waals surface area contributed by atoms with Crippen LogP contribution in [0, 0.1) is 6.92 Å². The molecule has 1 saturated heterocycles. The molecule has 7 heteroatoms. The van der Waals surface area contributed by atoms with Crippen molar-refractivity contribution in [2.75, 3.05) is 43.4 Å². The van der Waals surface area contributed by atoms with Crippen molar-refractivity contribution in [2.24, 2.45) is 0 Å². The fourth-order valence-electron chi connectivity index (χ4n) is 4.23. The Morgan fingerprint density at radius 3 is 2.58 bits per heavy atom. The quantitative estimate of drug-likeness (QED) is 0.440. The third-order valence-electron chi connectivity index (χ3n) is 6.19. The Bertz CT molecular complexity index is 1290. The van der Waals surface area contributed by atoms with Crippen molar-refractivity contribution >= 4 is 39.9 Å². The highest BCUT2D eigenvalue weighted by atomic mass is 35.5. The Morgan fingerprint density at radius 2 is 1.82 bits per heavy atom. The van der Waals surface area contributed by atoms with E-state index in [9.17, 15) is 4.79 Å². The first-order valence-corrected chi connectivity index (χ1v) is 11.5. The summed E-state index contributed by atoms with van der Waals surface area (Å²) in [6.45, 7) is 6.07. The first-order chi connectivity index (χ1) is 16.0. The van der Waals surface area contributed by atoms with Crippen LogP contribution in [-0.2, 0) is 0 Å². The number of nitrogens with zero attached hydrogens (tertiary/aromatic N) is 3. The molecule has 0 radical (unpaired) electrons. The van der Waals surface area contributed by atoms with Crippen LogP contribution in [0.2, 0.25) is 5.02 Å². The molecule has 3 aromatic carbocycles. The molecule has 1 aromatic heterocycles. The van der Waals surface area contributed by atoms with Crippen LogP contribution < -0.4 is 10.2 Å². The second-order valence-electron chi connectivity index (χ2n) is 8.54. The summed E-state index contributed by atoms with van der Waals surface area (Å²) in [4.78, 5) is 25.7. The summed E-state index contributed by atoms with van der Waals surface area (Å²) in [5.74, 6) is 0.528. The second-order valence-corrected chi connectivity index (χ2v) is 8.95. The van der Waals surface area contributed by atoms with Gasteiger partial charge in [0.25, 0.3) is 5.91 Å². The molecule has 2 heterocycles. The molecular formula is C26H26ClN5O. The normalized spacial score (nSPS) is 14.6. The van der Waals surface area contributed by atoms with Gasteiger partial charge in [-0.3, -0.25) is 4.79 Å². The monoisotopic (exact) mass is 459 g/mol. The van der Waals surface area contributed by atoms with E-state index in [1.165, 1.54) is 0 Å². The summed E-state index contributed by atoms with van der Waals surface area (Å²) in [6.07, 6.45) is 0. The van der Waals surface area contributed by atoms with E-state index in [4.69, 9.17) is 11.6 Å². The van der Waals surface area contributed by atoms with E-state index in [-0.39, 0.29) is 5.91 Å². The van der Waals surface area contributed by atoms with Gasteiger partial charge in [0.05, 0.1) is 16.1 Å². The summed E-state index contributed by atoms with van der Waals surface area (Å²) in [5.41, 5.74) is 6.00. The van der Waals surface area contributed by atoms with Gasteiger partial charge in [-0.05, 0) is 68.1 Å². The molecule has 0 atom stereocenters. The number of hydrogen-bond acceptors (Lipinski definition) is 4. The highest BCUT2D eigenvalue weighted by Crippen LogP contribution is 2.30. The lowest BCUT2D eigenvalue weighted by molar-refractivity contribution is 0.102. The van der Waals surface area contributed by atoms with Crippen molar-refractivity contribution in [3.05, 3.63) is 76.8 Å². The lowest BCUT2D eigenvalue weighted by atomic mass is 10.1. The average Bonchev–Trinajstić information content (AvgIpc) is 3.25. The molecule has 168 valence electrons. The minimum atomic E-state index is -0.143. The smallest absolute Gasteiger partial charge is 0.255 e. The largest absolute Gasteiger partial charge is 0.369 e. The van der Waals surface area contributed by atoms with Crippen LogP contribution in [0.1, 0.15) is 15.9 Å². The van der Waals surface area contributed by atoms with Crippen molar-refractivity contribution < 1.29 is 4.79 Å². The predicted octanol–water partition coefficient (Wildman–Crippen LogP) is 5.20. The lowest BCUT2D eigenvalue weighted by Gasteiger charge is -2.34. The number of rotatable bonds is 4. The van der Waals surface area contributed by atoms with Gasteiger partial charge in [0.15, 0.2) is 0 Å². The van der Waals surface area contributed by atoms with Gasteiger partial charge in [-0.25, -0.2) is 4.98 Å². The summed E-state index contributed by atoms with van der Waals surface area (Å²) in [5, 5.41) is 3.58. The molecule has 6 nitrogen and oxygen atoms in total. The van der Waals surface area contributed by atoms with Crippen LogP contribution in [0.5, 0.6) is 0 Å². The van der Waals surface area contributed by atoms with E-state index in [1.807, 2.05) is 49.4 Å². The van der Waals surface area contributed by atoms with E-state index < -0.39 is 0 Å². The van der Waals surface area contributed by atoms with Gasteiger partial charge in [-0.2, -0.15) is 0 Å². The molecular weight excluding hydrogens is 434 g/mol. The number of carbonyl (C=O) groups excluding carboxylic acids is 1. The number of benzene rings is 3. The van der Waals surface area contributed by atoms with Crippen LogP contribution >= 0.6 is 11.6 Å². The van der Waals surface area contributed by atoms with Gasteiger partial charge in [0.2, 0.25) is 0 Å². The van der Waals surface area contributed by atoms with E-state index in [1.54, 1.807) is 12.1 Å². The van der Waals surface area contributed by atoms with Crippen molar-refractivity contribution in [1.82, 2.24) is 14.9 Å². The third kappa shape index (κ3) is 4.45. The van der Waals surface area contributed by atoms with Gasteiger partial charge >= 0.3 is 0 Å². The number of H-pyrrole nitrogens is 1. The molecule has 0 bridgehead atoms. The topological polar surface area (TPSA) is 64.3 Å². The molecule has 1 amide bonds. The summed E-state index contributed by atoms with van der Waals surface area (Å²) in [7, 11) is 2.15. The number of amides is 1. The molecule has 0 aliphatic carbocycles. The molecule has 0 saturated carbocycles.